The maximum Gasteiger partial charge on any atom is 0.163 e. The molecule has 19 heavy (non-hydrogen) atoms. The molecule has 2 saturated heterocycles. The van der Waals surface area contributed by atoms with Crippen LogP contribution >= 0.6 is 0 Å². The van der Waals surface area contributed by atoms with Gasteiger partial charge in [-0.05, 0) is 38.8 Å². The second kappa shape index (κ2) is 5.17. The van der Waals surface area contributed by atoms with Crippen molar-refractivity contribution in [2.75, 3.05) is 13.1 Å². The normalized spacial score (nSPS) is 28.6. The topological polar surface area (TPSA) is 15.3 Å². The summed E-state index contributed by atoms with van der Waals surface area (Å²) in [6.45, 7) is 4.22. The van der Waals surface area contributed by atoms with E-state index in [0.29, 0.717) is 17.6 Å². The van der Waals surface area contributed by atoms with Gasteiger partial charge in [0.05, 0.1) is 0 Å². The Bertz CT molecular complexity index is 463. The molecular formula is C15H20F2N2. The van der Waals surface area contributed by atoms with Crippen molar-refractivity contribution in [1.82, 2.24) is 10.2 Å². The number of rotatable bonds is 3. The van der Waals surface area contributed by atoms with Crippen LogP contribution in [-0.4, -0.2) is 30.1 Å². The Morgan fingerprint density at radius 2 is 2.11 bits per heavy atom. The number of fused-ring (bicyclic) bond motifs is 1. The first-order valence-corrected chi connectivity index (χ1v) is 7.11. The van der Waals surface area contributed by atoms with Crippen LogP contribution in [0.25, 0.3) is 0 Å². The summed E-state index contributed by atoms with van der Waals surface area (Å²) in [6, 6.07) is 5.24. The van der Waals surface area contributed by atoms with E-state index in [1.54, 1.807) is 12.1 Å². The Labute approximate surface area is 112 Å². The first-order chi connectivity index (χ1) is 9.16. The van der Waals surface area contributed by atoms with Gasteiger partial charge in [0.15, 0.2) is 11.6 Å². The van der Waals surface area contributed by atoms with Gasteiger partial charge >= 0.3 is 0 Å². The summed E-state index contributed by atoms with van der Waals surface area (Å²) in [5.74, 6) is -1.48. The van der Waals surface area contributed by atoms with Crippen LogP contribution < -0.4 is 5.32 Å². The molecule has 2 heterocycles. The van der Waals surface area contributed by atoms with E-state index in [-0.39, 0.29) is 6.04 Å². The Morgan fingerprint density at radius 1 is 1.26 bits per heavy atom. The molecule has 2 fully saturated rings. The third kappa shape index (κ3) is 2.39. The van der Waals surface area contributed by atoms with Crippen molar-refractivity contribution in [2.24, 2.45) is 0 Å². The molecule has 3 atom stereocenters. The van der Waals surface area contributed by atoms with Crippen LogP contribution in [0.5, 0.6) is 0 Å². The zero-order chi connectivity index (χ0) is 13.4. The molecule has 2 aliphatic rings. The average Bonchev–Trinajstić information content (AvgIpc) is 2.97. The summed E-state index contributed by atoms with van der Waals surface area (Å²) in [5.41, 5.74) is 0.427. The molecule has 2 nitrogen and oxygen atoms in total. The largest absolute Gasteiger partial charge is 0.306 e. The van der Waals surface area contributed by atoms with Crippen LogP contribution in [0.3, 0.4) is 0 Å². The van der Waals surface area contributed by atoms with Crippen molar-refractivity contribution >= 4 is 0 Å². The van der Waals surface area contributed by atoms with E-state index in [1.807, 2.05) is 6.92 Å². The van der Waals surface area contributed by atoms with Gasteiger partial charge < -0.3 is 5.32 Å². The van der Waals surface area contributed by atoms with Crippen LogP contribution in [0.15, 0.2) is 18.2 Å². The molecule has 0 amide bonds. The monoisotopic (exact) mass is 266 g/mol. The summed E-state index contributed by atoms with van der Waals surface area (Å²) >= 11 is 0. The number of benzene rings is 1. The summed E-state index contributed by atoms with van der Waals surface area (Å²) in [5, 5.41) is 3.49. The summed E-state index contributed by atoms with van der Waals surface area (Å²) in [7, 11) is 0. The number of halogens is 2. The SMILES string of the molecule is CC(NC1CCN2CCCC12)c1cccc(F)c1F. The maximum absolute atomic E-state index is 13.8. The fraction of sp³-hybridized carbons (Fsp3) is 0.600. The van der Waals surface area contributed by atoms with Crippen LogP contribution in [0.1, 0.15) is 37.8 Å². The molecule has 104 valence electrons. The number of hydrogen-bond acceptors (Lipinski definition) is 2. The molecular weight excluding hydrogens is 246 g/mol. The van der Waals surface area contributed by atoms with Crippen molar-refractivity contribution in [2.45, 2.75) is 44.3 Å². The van der Waals surface area contributed by atoms with E-state index in [2.05, 4.69) is 10.2 Å². The van der Waals surface area contributed by atoms with Crippen molar-refractivity contribution in [3.8, 4) is 0 Å². The van der Waals surface area contributed by atoms with Crippen LogP contribution in [0, 0.1) is 11.6 Å². The van der Waals surface area contributed by atoms with E-state index in [1.165, 1.54) is 25.5 Å². The molecule has 3 rings (SSSR count). The van der Waals surface area contributed by atoms with Gasteiger partial charge in [0.25, 0.3) is 0 Å². The standard InChI is InChI=1S/C15H20F2N2/c1-10(11-4-2-5-12(16)15(11)17)18-13-7-9-19-8-3-6-14(13)19/h2,4-5,10,13-14,18H,3,6-9H2,1H3. The molecule has 3 unspecified atom stereocenters. The summed E-state index contributed by atoms with van der Waals surface area (Å²) < 4.78 is 27.0. The highest BCUT2D eigenvalue weighted by atomic mass is 19.2. The molecule has 2 aliphatic heterocycles. The fourth-order valence-electron chi connectivity index (χ4n) is 3.54. The summed E-state index contributed by atoms with van der Waals surface area (Å²) in [6.07, 6.45) is 3.58. The van der Waals surface area contributed by atoms with E-state index < -0.39 is 11.6 Å². The highest BCUT2D eigenvalue weighted by molar-refractivity contribution is 5.22. The highest BCUT2D eigenvalue weighted by Gasteiger charge is 2.37. The second-order valence-corrected chi connectivity index (χ2v) is 5.67. The van der Waals surface area contributed by atoms with Crippen LogP contribution in [0.2, 0.25) is 0 Å². The average molecular weight is 266 g/mol. The zero-order valence-electron chi connectivity index (χ0n) is 11.2. The van der Waals surface area contributed by atoms with Gasteiger partial charge in [0, 0.05) is 30.2 Å². The van der Waals surface area contributed by atoms with Gasteiger partial charge in [-0.3, -0.25) is 4.90 Å². The van der Waals surface area contributed by atoms with E-state index >= 15 is 0 Å². The molecule has 1 N–H and O–H groups in total. The van der Waals surface area contributed by atoms with E-state index in [9.17, 15) is 8.78 Å². The Hall–Kier alpha value is -1.00. The lowest BCUT2D eigenvalue weighted by atomic mass is 10.0. The highest BCUT2D eigenvalue weighted by Crippen LogP contribution is 2.30. The minimum absolute atomic E-state index is 0.152. The third-order valence-corrected chi connectivity index (χ3v) is 4.52. The maximum atomic E-state index is 13.8. The van der Waals surface area contributed by atoms with Crippen molar-refractivity contribution in [1.29, 1.82) is 0 Å². The van der Waals surface area contributed by atoms with E-state index in [0.717, 1.165) is 13.0 Å². The van der Waals surface area contributed by atoms with Gasteiger partial charge in [-0.15, -0.1) is 0 Å². The Kier molecular flexibility index (Phi) is 3.54. The lowest BCUT2D eigenvalue weighted by molar-refractivity contribution is 0.290. The fourth-order valence-corrected chi connectivity index (χ4v) is 3.54. The molecule has 0 radical (unpaired) electrons. The van der Waals surface area contributed by atoms with Gasteiger partial charge in [-0.1, -0.05) is 12.1 Å². The zero-order valence-corrected chi connectivity index (χ0v) is 11.2. The van der Waals surface area contributed by atoms with E-state index in [4.69, 9.17) is 0 Å². The molecule has 1 aromatic carbocycles. The molecule has 4 heteroatoms. The quantitative estimate of drug-likeness (QED) is 0.905. The third-order valence-electron chi connectivity index (χ3n) is 4.52. The number of nitrogens with one attached hydrogen (secondary N) is 1. The Balaban J connectivity index is 1.71. The van der Waals surface area contributed by atoms with Gasteiger partial charge in [0.2, 0.25) is 0 Å². The second-order valence-electron chi connectivity index (χ2n) is 5.67. The number of nitrogens with zero attached hydrogens (tertiary/aromatic N) is 1. The molecule has 0 spiro atoms. The van der Waals surface area contributed by atoms with Gasteiger partial charge in [-0.25, -0.2) is 8.78 Å². The molecule has 0 saturated carbocycles. The van der Waals surface area contributed by atoms with Crippen molar-refractivity contribution < 1.29 is 8.78 Å². The lowest BCUT2D eigenvalue weighted by Gasteiger charge is -2.25. The first-order valence-electron chi connectivity index (χ1n) is 7.11. The van der Waals surface area contributed by atoms with Gasteiger partial charge in [0.1, 0.15) is 0 Å². The first kappa shape index (κ1) is 13.0. The van der Waals surface area contributed by atoms with Crippen LogP contribution in [0.4, 0.5) is 8.78 Å². The number of hydrogen-bond donors (Lipinski definition) is 1. The predicted molar refractivity (Wildman–Crippen MR) is 70.9 cm³/mol. The lowest BCUT2D eigenvalue weighted by Crippen LogP contribution is -2.40. The minimum atomic E-state index is -0.764. The molecule has 1 aromatic rings. The van der Waals surface area contributed by atoms with Crippen molar-refractivity contribution in [3.05, 3.63) is 35.4 Å². The molecule has 0 bridgehead atoms. The minimum Gasteiger partial charge on any atom is -0.306 e. The molecule has 0 aromatic heterocycles. The Morgan fingerprint density at radius 3 is 2.95 bits per heavy atom. The van der Waals surface area contributed by atoms with Gasteiger partial charge in [-0.2, -0.15) is 0 Å². The predicted octanol–water partition coefficient (Wildman–Crippen LogP) is 2.85. The van der Waals surface area contributed by atoms with Crippen molar-refractivity contribution in [3.63, 3.8) is 0 Å². The van der Waals surface area contributed by atoms with Crippen LogP contribution in [-0.2, 0) is 0 Å². The molecule has 0 aliphatic carbocycles. The smallest absolute Gasteiger partial charge is 0.163 e. The summed E-state index contributed by atoms with van der Waals surface area (Å²) in [4.78, 5) is 2.51.